The zero-order chi connectivity index (χ0) is 6.69. The summed E-state index contributed by atoms with van der Waals surface area (Å²) in [6.45, 7) is 1.92. The molecule has 0 N–H and O–H groups in total. The minimum atomic E-state index is 0. The third kappa shape index (κ3) is 1.65. The van der Waals surface area contributed by atoms with Gasteiger partial charge in [0, 0.05) is 5.56 Å². The Morgan fingerprint density at radius 1 is 1.30 bits per heavy atom. The number of hydrogen-bond donors (Lipinski definition) is 0. The summed E-state index contributed by atoms with van der Waals surface area (Å²) >= 11 is 0. The molecule has 0 unspecified atom stereocenters. The van der Waals surface area contributed by atoms with Gasteiger partial charge in [-0.15, -0.1) is 0 Å². The minimum absolute atomic E-state index is 0. The largest absolute Gasteiger partial charge is 0.298 e. The van der Waals surface area contributed by atoms with Gasteiger partial charge in [-0.25, -0.2) is 0 Å². The third-order valence-electron chi connectivity index (χ3n) is 1.32. The lowest BCUT2D eigenvalue weighted by Gasteiger charge is -1.92. The average Bonchev–Trinajstić information content (AvgIpc) is 1.89. The van der Waals surface area contributed by atoms with Crippen LogP contribution >= 0.6 is 0 Å². The fourth-order valence-corrected chi connectivity index (χ4v) is 0.719. The molecule has 1 rings (SSSR count). The van der Waals surface area contributed by atoms with E-state index in [4.69, 9.17) is 0 Å². The molecule has 0 aliphatic carbocycles. The molecule has 0 aromatic heterocycles. The fourth-order valence-electron chi connectivity index (χ4n) is 0.719. The number of carbonyl (C=O) groups excluding carboxylic acids is 1. The van der Waals surface area contributed by atoms with E-state index in [0.717, 1.165) is 17.4 Å². The molecule has 0 amide bonds. The molecule has 0 saturated carbocycles. The first-order valence-corrected chi connectivity index (χ1v) is 2.85. The van der Waals surface area contributed by atoms with Gasteiger partial charge in [-0.2, -0.15) is 0 Å². The molecule has 10 heavy (non-hydrogen) atoms. The summed E-state index contributed by atoms with van der Waals surface area (Å²) in [6.07, 6.45) is 0.870. The molecule has 0 heterocycles. The van der Waals surface area contributed by atoms with E-state index in [-0.39, 0.29) is 4.70 Å². The first-order chi connectivity index (χ1) is 4.34. The fraction of sp³-hybridized carbons (Fsp3) is 0.125. The summed E-state index contributed by atoms with van der Waals surface area (Å²) in [7, 11) is 0. The van der Waals surface area contributed by atoms with Crippen molar-refractivity contribution in [3.05, 3.63) is 35.4 Å². The van der Waals surface area contributed by atoms with Crippen LogP contribution < -0.4 is 0 Å². The Balaban J connectivity index is 0.000000810. The highest BCUT2D eigenvalue weighted by atomic mass is 19.0. The van der Waals surface area contributed by atoms with Crippen LogP contribution in [0.15, 0.2) is 24.3 Å². The topological polar surface area (TPSA) is 17.1 Å². The molecule has 1 aromatic rings. The van der Waals surface area contributed by atoms with E-state index in [0.29, 0.717) is 0 Å². The van der Waals surface area contributed by atoms with Crippen LogP contribution in [0.4, 0.5) is 4.70 Å². The second-order valence-corrected chi connectivity index (χ2v) is 1.97. The van der Waals surface area contributed by atoms with Crippen LogP contribution in [0.1, 0.15) is 15.9 Å². The highest BCUT2D eigenvalue weighted by Crippen LogP contribution is 2.02. The van der Waals surface area contributed by atoms with Gasteiger partial charge in [0.05, 0.1) is 0 Å². The molecule has 0 saturated heterocycles. The van der Waals surface area contributed by atoms with Crippen LogP contribution in [0.3, 0.4) is 0 Å². The lowest BCUT2D eigenvalue weighted by Crippen LogP contribution is -1.82. The Kier molecular flexibility index (Phi) is 3.33. The normalized spacial score (nSPS) is 8.10. The summed E-state index contributed by atoms with van der Waals surface area (Å²) in [5, 5.41) is 0. The average molecular weight is 140 g/mol. The van der Waals surface area contributed by atoms with Crippen LogP contribution in [0.25, 0.3) is 0 Å². The maximum atomic E-state index is 10.2. The Morgan fingerprint density at radius 2 is 1.90 bits per heavy atom. The van der Waals surface area contributed by atoms with Gasteiger partial charge in [0.2, 0.25) is 0 Å². The van der Waals surface area contributed by atoms with Crippen molar-refractivity contribution in [1.82, 2.24) is 0 Å². The predicted molar refractivity (Wildman–Crippen MR) is 39.1 cm³/mol. The van der Waals surface area contributed by atoms with E-state index in [1.165, 1.54) is 0 Å². The maximum absolute atomic E-state index is 10.2. The van der Waals surface area contributed by atoms with E-state index < -0.39 is 0 Å². The lowest BCUT2D eigenvalue weighted by atomic mass is 10.1. The van der Waals surface area contributed by atoms with Crippen molar-refractivity contribution in [3.8, 4) is 0 Å². The van der Waals surface area contributed by atoms with Crippen molar-refractivity contribution in [3.63, 3.8) is 0 Å². The first kappa shape index (κ1) is 8.82. The Labute approximate surface area is 59.1 Å². The predicted octanol–water partition coefficient (Wildman–Crippen LogP) is 1.96. The van der Waals surface area contributed by atoms with Crippen molar-refractivity contribution < 1.29 is 9.50 Å². The van der Waals surface area contributed by atoms with Crippen molar-refractivity contribution in [2.24, 2.45) is 0 Å². The number of rotatable bonds is 1. The summed E-state index contributed by atoms with van der Waals surface area (Å²) in [6, 6.07) is 7.51. The molecular formula is C8H9FO. The van der Waals surface area contributed by atoms with Gasteiger partial charge < -0.3 is 0 Å². The molecule has 1 nitrogen and oxygen atoms in total. The number of aldehydes is 1. The van der Waals surface area contributed by atoms with Gasteiger partial charge in [-0.1, -0.05) is 24.3 Å². The van der Waals surface area contributed by atoms with Gasteiger partial charge in [-0.3, -0.25) is 9.50 Å². The van der Waals surface area contributed by atoms with Gasteiger partial charge in [0.15, 0.2) is 0 Å². The Morgan fingerprint density at radius 3 is 2.30 bits per heavy atom. The molecule has 2 heteroatoms. The number of carbonyl (C=O) groups is 1. The SMILES string of the molecule is Cc1ccccc1C=O.F. The number of aryl methyl sites for hydroxylation is 1. The smallest absolute Gasteiger partial charge is 0.150 e. The van der Waals surface area contributed by atoms with Gasteiger partial charge in [0.1, 0.15) is 6.29 Å². The van der Waals surface area contributed by atoms with Crippen molar-refractivity contribution in [2.45, 2.75) is 6.92 Å². The second-order valence-electron chi connectivity index (χ2n) is 1.97. The van der Waals surface area contributed by atoms with Crippen molar-refractivity contribution in [2.75, 3.05) is 0 Å². The summed E-state index contributed by atoms with van der Waals surface area (Å²) in [5.74, 6) is 0. The summed E-state index contributed by atoms with van der Waals surface area (Å²) in [4.78, 5) is 10.2. The molecule has 54 valence electrons. The second kappa shape index (κ2) is 3.77. The van der Waals surface area contributed by atoms with Crippen molar-refractivity contribution >= 4 is 6.29 Å². The zero-order valence-corrected chi connectivity index (χ0v) is 5.70. The van der Waals surface area contributed by atoms with E-state index in [2.05, 4.69) is 0 Å². The van der Waals surface area contributed by atoms with E-state index in [9.17, 15) is 4.79 Å². The molecule has 0 spiro atoms. The van der Waals surface area contributed by atoms with Crippen LogP contribution in [0.2, 0.25) is 0 Å². The van der Waals surface area contributed by atoms with Crippen LogP contribution in [0.5, 0.6) is 0 Å². The molecule has 0 bridgehead atoms. The third-order valence-corrected chi connectivity index (χ3v) is 1.32. The highest BCUT2D eigenvalue weighted by Gasteiger charge is 1.90. The van der Waals surface area contributed by atoms with Crippen LogP contribution in [-0.2, 0) is 0 Å². The summed E-state index contributed by atoms with van der Waals surface area (Å²) in [5.41, 5.74) is 1.81. The number of halogens is 1. The molecule has 0 aliphatic rings. The van der Waals surface area contributed by atoms with Crippen molar-refractivity contribution in [1.29, 1.82) is 0 Å². The quantitative estimate of drug-likeness (QED) is 0.545. The first-order valence-electron chi connectivity index (χ1n) is 2.85. The summed E-state index contributed by atoms with van der Waals surface area (Å²) < 4.78 is 0. The Bertz CT molecular complexity index is 220. The Hall–Kier alpha value is -1.18. The van der Waals surface area contributed by atoms with Gasteiger partial charge >= 0.3 is 0 Å². The maximum Gasteiger partial charge on any atom is 0.150 e. The van der Waals surface area contributed by atoms with E-state index >= 15 is 0 Å². The highest BCUT2D eigenvalue weighted by molar-refractivity contribution is 5.76. The van der Waals surface area contributed by atoms with Gasteiger partial charge in [-0.05, 0) is 12.5 Å². The molecule has 0 radical (unpaired) electrons. The number of hydrogen-bond acceptors (Lipinski definition) is 1. The van der Waals surface area contributed by atoms with E-state index in [1.807, 2.05) is 31.2 Å². The molecular weight excluding hydrogens is 131 g/mol. The van der Waals surface area contributed by atoms with Crippen LogP contribution in [0, 0.1) is 6.92 Å². The van der Waals surface area contributed by atoms with Crippen LogP contribution in [-0.4, -0.2) is 6.29 Å². The van der Waals surface area contributed by atoms with Gasteiger partial charge in [0.25, 0.3) is 0 Å². The number of benzene rings is 1. The lowest BCUT2D eigenvalue weighted by molar-refractivity contribution is 0.112. The monoisotopic (exact) mass is 140 g/mol. The molecule has 0 fully saturated rings. The molecule has 1 aromatic carbocycles. The standard InChI is InChI=1S/C8H8O.FH/c1-7-4-2-3-5-8(7)6-9;/h2-6H,1H3;1H. The zero-order valence-electron chi connectivity index (χ0n) is 5.70. The van der Waals surface area contributed by atoms with E-state index in [1.54, 1.807) is 0 Å². The molecule has 0 atom stereocenters. The molecule has 0 aliphatic heterocycles. The minimum Gasteiger partial charge on any atom is -0.298 e.